The van der Waals surface area contributed by atoms with E-state index in [1.807, 2.05) is 17.2 Å². The van der Waals surface area contributed by atoms with Crippen molar-refractivity contribution in [3.05, 3.63) is 34.5 Å². The second-order valence-corrected chi connectivity index (χ2v) is 5.22. The highest BCUT2D eigenvalue weighted by molar-refractivity contribution is 7.07. The maximum Gasteiger partial charge on any atom is 0.0795 e. The van der Waals surface area contributed by atoms with E-state index in [0.29, 0.717) is 6.04 Å². The van der Waals surface area contributed by atoms with Crippen LogP contribution >= 0.6 is 11.3 Å². The fourth-order valence-electron chi connectivity index (χ4n) is 1.88. The highest BCUT2D eigenvalue weighted by atomic mass is 32.1. The Kier molecular flexibility index (Phi) is 4.49. The first-order valence-corrected chi connectivity index (χ1v) is 7.28. The predicted molar refractivity (Wildman–Crippen MR) is 74.8 cm³/mol. The summed E-state index contributed by atoms with van der Waals surface area (Å²) in [5.74, 6) is 0. The van der Waals surface area contributed by atoms with E-state index in [0.717, 1.165) is 24.2 Å². The predicted octanol–water partition coefficient (Wildman–Crippen LogP) is 2.81. The molecular formula is C13H20N4S. The van der Waals surface area contributed by atoms with Gasteiger partial charge in [0, 0.05) is 24.0 Å². The summed E-state index contributed by atoms with van der Waals surface area (Å²) in [4.78, 5) is 4.36. The van der Waals surface area contributed by atoms with Gasteiger partial charge in [-0.3, -0.25) is 4.68 Å². The molecule has 2 atom stereocenters. The molecule has 0 spiro atoms. The van der Waals surface area contributed by atoms with Crippen molar-refractivity contribution in [3.63, 3.8) is 0 Å². The molecule has 0 saturated heterocycles. The molecule has 98 valence electrons. The third-order valence-electron chi connectivity index (χ3n) is 3.28. The zero-order valence-corrected chi connectivity index (χ0v) is 11.9. The Bertz CT molecular complexity index is 463. The number of hydrogen-bond acceptors (Lipinski definition) is 4. The van der Waals surface area contributed by atoms with Gasteiger partial charge in [-0.2, -0.15) is 5.10 Å². The van der Waals surface area contributed by atoms with Crippen molar-refractivity contribution in [1.82, 2.24) is 20.1 Å². The average Bonchev–Trinajstić information content (AvgIpc) is 3.05. The van der Waals surface area contributed by atoms with Gasteiger partial charge < -0.3 is 5.32 Å². The molecule has 0 aliphatic carbocycles. The molecular weight excluding hydrogens is 244 g/mol. The van der Waals surface area contributed by atoms with Gasteiger partial charge in [0.25, 0.3) is 0 Å². The van der Waals surface area contributed by atoms with Crippen LogP contribution in [0.5, 0.6) is 0 Å². The maximum atomic E-state index is 4.63. The first kappa shape index (κ1) is 13.2. The van der Waals surface area contributed by atoms with E-state index >= 15 is 0 Å². The Morgan fingerprint density at radius 1 is 1.50 bits per heavy atom. The summed E-state index contributed by atoms with van der Waals surface area (Å²) in [6.45, 7) is 4.37. The van der Waals surface area contributed by atoms with Crippen LogP contribution in [0.25, 0.3) is 0 Å². The lowest BCUT2D eigenvalue weighted by Crippen LogP contribution is -2.19. The molecule has 18 heavy (non-hydrogen) atoms. The molecule has 2 aromatic heterocycles. The number of aromatic nitrogens is 3. The molecule has 0 aliphatic heterocycles. The molecule has 0 aromatic carbocycles. The number of nitrogens with one attached hydrogen (secondary N) is 1. The van der Waals surface area contributed by atoms with E-state index in [9.17, 15) is 0 Å². The summed E-state index contributed by atoms with van der Waals surface area (Å²) >= 11 is 1.63. The maximum absolute atomic E-state index is 4.63. The van der Waals surface area contributed by atoms with Crippen molar-refractivity contribution in [2.24, 2.45) is 0 Å². The summed E-state index contributed by atoms with van der Waals surface area (Å²) in [5, 5.41) is 10.0. The fourth-order valence-corrected chi connectivity index (χ4v) is 2.48. The highest BCUT2D eigenvalue weighted by Crippen LogP contribution is 2.18. The van der Waals surface area contributed by atoms with E-state index < -0.39 is 0 Å². The van der Waals surface area contributed by atoms with Gasteiger partial charge in [0.1, 0.15) is 0 Å². The average molecular weight is 264 g/mol. The Labute approximate surface area is 112 Å². The number of likely N-dealkylation sites (N-methyl/N-ethyl adjacent to an activating group) is 1. The molecule has 0 aliphatic rings. The summed E-state index contributed by atoms with van der Waals surface area (Å²) in [7, 11) is 1.97. The largest absolute Gasteiger partial charge is 0.311 e. The van der Waals surface area contributed by atoms with Crippen LogP contribution in [-0.4, -0.2) is 21.8 Å². The molecule has 0 bridgehead atoms. The monoisotopic (exact) mass is 264 g/mol. The van der Waals surface area contributed by atoms with Crippen molar-refractivity contribution in [2.75, 3.05) is 7.05 Å². The fraction of sp³-hybridized carbons (Fsp3) is 0.538. The standard InChI is InChI=1S/C13H20N4S/c1-4-10(2)17-6-5-11(16-17)7-12(14-3)13-8-18-9-15-13/h5-6,8-10,12,14H,4,7H2,1-3H3. The lowest BCUT2D eigenvalue weighted by molar-refractivity contribution is 0.468. The van der Waals surface area contributed by atoms with Crippen LogP contribution in [0, 0.1) is 0 Å². The molecule has 1 N–H and O–H groups in total. The molecule has 2 aromatic rings. The molecule has 0 fully saturated rings. The van der Waals surface area contributed by atoms with Gasteiger partial charge in [0.2, 0.25) is 0 Å². The second kappa shape index (κ2) is 6.11. The molecule has 2 unspecified atom stereocenters. The number of thiazole rings is 1. The van der Waals surface area contributed by atoms with Crippen LogP contribution in [0.4, 0.5) is 0 Å². The van der Waals surface area contributed by atoms with Crippen LogP contribution in [-0.2, 0) is 6.42 Å². The van der Waals surface area contributed by atoms with Crippen molar-refractivity contribution in [2.45, 2.75) is 38.8 Å². The van der Waals surface area contributed by atoms with Crippen LogP contribution < -0.4 is 5.32 Å². The SMILES string of the molecule is CCC(C)n1ccc(CC(NC)c2cscn2)n1. The molecule has 2 rings (SSSR count). The lowest BCUT2D eigenvalue weighted by atomic mass is 10.1. The highest BCUT2D eigenvalue weighted by Gasteiger charge is 2.14. The minimum absolute atomic E-state index is 0.247. The minimum atomic E-state index is 0.247. The van der Waals surface area contributed by atoms with Crippen molar-refractivity contribution in [3.8, 4) is 0 Å². The lowest BCUT2D eigenvalue weighted by Gasteiger charge is -2.12. The minimum Gasteiger partial charge on any atom is -0.311 e. The Morgan fingerprint density at radius 2 is 2.33 bits per heavy atom. The first-order valence-electron chi connectivity index (χ1n) is 6.34. The van der Waals surface area contributed by atoms with E-state index in [4.69, 9.17) is 0 Å². The van der Waals surface area contributed by atoms with E-state index in [2.05, 4.69) is 46.9 Å². The van der Waals surface area contributed by atoms with Crippen LogP contribution in [0.2, 0.25) is 0 Å². The normalized spacial score (nSPS) is 14.6. The van der Waals surface area contributed by atoms with Gasteiger partial charge in [-0.25, -0.2) is 4.98 Å². The van der Waals surface area contributed by atoms with Crippen LogP contribution in [0.15, 0.2) is 23.2 Å². The summed E-state index contributed by atoms with van der Waals surface area (Å²) in [6, 6.07) is 2.81. The molecule has 0 amide bonds. The first-order chi connectivity index (χ1) is 8.74. The molecule has 2 heterocycles. The van der Waals surface area contributed by atoms with Crippen LogP contribution in [0.3, 0.4) is 0 Å². The topological polar surface area (TPSA) is 42.7 Å². The van der Waals surface area contributed by atoms with E-state index in [1.165, 1.54) is 0 Å². The number of rotatable bonds is 6. The van der Waals surface area contributed by atoms with Gasteiger partial charge in [0.05, 0.1) is 22.9 Å². The van der Waals surface area contributed by atoms with Gasteiger partial charge in [-0.15, -0.1) is 11.3 Å². The molecule has 4 nitrogen and oxygen atoms in total. The second-order valence-electron chi connectivity index (χ2n) is 4.50. The van der Waals surface area contributed by atoms with Crippen molar-refractivity contribution < 1.29 is 0 Å². The zero-order valence-electron chi connectivity index (χ0n) is 11.1. The Morgan fingerprint density at radius 3 is 2.94 bits per heavy atom. The Hall–Kier alpha value is -1.20. The zero-order chi connectivity index (χ0) is 13.0. The third-order valence-corrected chi connectivity index (χ3v) is 3.88. The van der Waals surface area contributed by atoms with Crippen molar-refractivity contribution in [1.29, 1.82) is 0 Å². The molecule has 0 radical (unpaired) electrons. The van der Waals surface area contributed by atoms with Gasteiger partial charge in [-0.05, 0) is 26.5 Å². The van der Waals surface area contributed by atoms with Gasteiger partial charge >= 0.3 is 0 Å². The smallest absolute Gasteiger partial charge is 0.0795 e. The van der Waals surface area contributed by atoms with E-state index in [1.54, 1.807) is 11.3 Å². The van der Waals surface area contributed by atoms with Crippen LogP contribution in [0.1, 0.15) is 43.7 Å². The number of nitrogens with zero attached hydrogens (tertiary/aromatic N) is 3. The summed E-state index contributed by atoms with van der Waals surface area (Å²) < 4.78 is 2.04. The summed E-state index contributed by atoms with van der Waals surface area (Å²) in [5.41, 5.74) is 4.08. The van der Waals surface area contributed by atoms with Gasteiger partial charge in [-0.1, -0.05) is 6.92 Å². The summed E-state index contributed by atoms with van der Waals surface area (Å²) in [6.07, 6.45) is 4.05. The van der Waals surface area contributed by atoms with E-state index in [-0.39, 0.29) is 6.04 Å². The third kappa shape index (κ3) is 2.97. The molecule has 0 saturated carbocycles. The number of hydrogen-bond donors (Lipinski definition) is 1. The molecule has 5 heteroatoms. The van der Waals surface area contributed by atoms with Gasteiger partial charge in [0.15, 0.2) is 0 Å². The van der Waals surface area contributed by atoms with Crippen molar-refractivity contribution >= 4 is 11.3 Å². The Balaban J connectivity index is 2.06. The quantitative estimate of drug-likeness (QED) is 0.872.